The van der Waals surface area contributed by atoms with E-state index in [1.54, 1.807) is 0 Å². The molecule has 0 aromatic heterocycles. The number of ether oxygens (including phenoxy) is 2. The van der Waals surface area contributed by atoms with E-state index in [0.717, 1.165) is 37.5 Å². The topological polar surface area (TPSA) is 247 Å². The number of aliphatic carboxylic acids is 4. The van der Waals surface area contributed by atoms with Crippen LogP contribution >= 0.6 is 0 Å². The van der Waals surface area contributed by atoms with Crippen LogP contribution in [0, 0.1) is 11.8 Å². The van der Waals surface area contributed by atoms with E-state index in [4.69, 9.17) is 0 Å². The van der Waals surface area contributed by atoms with Crippen LogP contribution in [0.5, 0.6) is 0 Å². The molecule has 0 heterocycles. The first kappa shape index (κ1) is 72.3. The molecule has 67 heavy (non-hydrogen) atoms. The molecule has 0 fully saturated rings. The maximum atomic E-state index is 10.8. The minimum atomic E-state index is -1.50. The fourth-order valence-corrected chi connectivity index (χ4v) is 6.12. The van der Waals surface area contributed by atoms with Crippen LogP contribution in [0.25, 0.3) is 0 Å². The molecule has 0 aliphatic heterocycles. The quantitative estimate of drug-likeness (QED) is 0.0192. The number of carboxylic acid groups (broad SMARTS) is 4. The number of carbonyl (C=O) groups excluding carboxylic acids is 8. The van der Waals surface area contributed by atoms with Crippen LogP contribution < -0.4 is 20.4 Å². The van der Waals surface area contributed by atoms with E-state index in [1.807, 2.05) is 0 Å². The predicted octanol–water partition coefficient (Wildman–Crippen LogP) is 7.33. The molecule has 0 bridgehead atoms. The molecule has 0 spiro atoms. The zero-order valence-corrected chi connectivity index (χ0v) is 44.0. The summed E-state index contributed by atoms with van der Waals surface area (Å²) in [6.07, 6.45) is 33.0. The number of hydrogen-bond acceptors (Lipinski definition) is 14. The molecule has 14 nitrogen and oxygen atoms in total. The summed E-state index contributed by atoms with van der Waals surface area (Å²) in [7, 11) is 0. The summed E-state index contributed by atoms with van der Waals surface area (Å²) < 4.78 is 8.32. The van der Waals surface area contributed by atoms with Gasteiger partial charge in [0.25, 0.3) is 0 Å². The minimum Gasteiger partial charge on any atom is -0.550 e. The molecule has 0 amide bonds. The molecule has 0 aromatic rings. The van der Waals surface area contributed by atoms with E-state index < -0.39 is 73.4 Å². The molecule has 0 aliphatic carbocycles. The summed E-state index contributed by atoms with van der Waals surface area (Å²) in [5, 5.41) is 40.1. The van der Waals surface area contributed by atoms with Crippen LogP contribution in [0.2, 0.25) is 0 Å². The van der Waals surface area contributed by atoms with Crippen LogP contribution in [0.15, 0.2) is 24.3 Å². The van der Waals surface area contributed by atoms with Crippen LogP contribution in [-0.2, 0) is 69.5 Å². The summed E-state index contributed by atoms with van der Waals surface area (Å²) in [4.78, 5) is 83.2. The minimum absolute atomic E-state index is 0. The zero-order valence-electron chi connectivity index (χ0n) is 42.4. The third-order valence-electron chi connectivity index (χ3n) is 10.1. The van der Waals surface area contributed by atoms with E-state index in [0.29, 0.717) is 0 Å². The van der Waals surface area contributed by atoms with Gasteiger partial charge in [0.15, 0.2) is 11.6 Å². The van der Waals surface area contributed by atoms with Crippen molar-refractivity contribution in [3.8, 4) is 0 Å². The van der Waals surface area contributed by atoms with Gasteiger partial charge < -0.3 is 49.1 Å². The van der Waals surface area contributed by atoms with Gasteiger partial charge in [-0.25, -0.2) is 0 Å². The largest absolute Gasteiger partial charge is 4.00 e. The Labute approximate surface area is 419 Å². The standard InChI is InChI=1S/2C18H36O2.2C8H10O5.Ti/c2*1-17(2)15-13-11-9-7-5-3-4-6-8-10-12-14-16-18(19)20;2*1-5(2)6(9)3-8(12)13-4-7(10)11;/h2*17H,3-16H2,1-2H3,(H,19,20);2*1,3-4H2,2H3,(H,10,11);/q;;;;+4/p-4. The van der Waals surface area contributed by atoms with Crippen molar-refractivity contribution >= 4 is 47.4 Å². The fourth-order valence-electron chi connectivity index (χ4n) is 6.12. The van der Waals surface area contributed by atoms with Gasteiger partial charge in [0, 0.05) is 11.9 Å². The number of hydrogen-bond donors (Lipinski definition) is 0. The maximum absolute atomic E-state index is 10.8. The second-order valence-corrected chi connectivity index (χ2v) is 17.9. The number of esters is 2. The summed E-state index contributed by atoms with van der Waals surface area (Å²) in [5.41, 5.74) is 0.454. The van der Waals surface area contributed by atoms with Gasteiger partial charge in [-0.15, -0.1) is 0 Å². The third kappa shape index (κ3) is 71.5. The van der Waals surface area contributed by atoms with Crippen molar-refractivity contribution in [1.29, 1.82) is 0 Å². The van der Waals surface area contributed by atoms with E-state index in [1.165, 1.54) is 155 Å². The first-order valence-corrected chi connectivity index (χ1v) is 24.6. The zero-order chi connectivity index (χ0) is 51.0. The number of allylic oxidation sites excluding steroid dienone is 2. The number of ketones is 2. The Morgan fingerprint density at radius 1 is 0.373 bits per heavy atom. The third-order valence-corrected chi connectivity index (χ3v) is 10.1. The summed E-state index contributed by atoms with van der Waals surface area (Å²) in [5.74, 6) is -5.81. The second-order valence-electron chi connectivity index (χ2n) is 17.9. The smallest absolute Gasteiger partial charge is 0.550 e. The van der Waals surface area contributed by atoms with Gasteiger partial charge in [0.2, 0.25) is 0 Å². The Kier molecular flexibility index (Phi) is 57.6. The van der Waals surface area contributed by atoms with Crippen LogP contribution in [0.1, 0.15) is 234 Å². The van der Waals surface area contributed by atoms with Crippen molar-refractivity contribution in [2.75, 3.05) is 13.2 Å². The van der Waals surface area contributed by atoms with Crippen molar-refractivity contribution in [2.45, 2.75) is 234 Å². The van der Waals surface area contributed by atoms with Gasteiger partial charge in [-0.3, -0.25) is 19.2 Å². The van der Waals surface area contributed by atoms with Gasteiger partial charge >= 0.3 is 33.7 Å². The molecule has 0 atom stereocenters. The van der Waals surface area contributed by atoms with Crippen LogP contribution in [-0.4, -0.2) is 60.6 Å². The maximum Gasteiger partial charge on any atom is 4.00 e. The SMILES string of the molecule is C=C(C)C(=O)CC(=O)OCC(=O)[O-].C=C(C)C(=O)CC(=O)OCC(=O)[O-].CC(C)CCCCCCCCCCCCCCC(=O)[O-].CC(C)CCCCCCCCCCCCCCC(=O)[O-].[Ti+4]. The number of unbranched alkanes of at least 4 members (excludes halogenated alkanes) is 22. The monoisotopic (exact) mass is 985 g/mol. The van der Waals surface area contributed by atoms with Crippen LogP contribution in [0.3, 0.4) is 0 Å². The fraction of sp³-hybridized carbons (Fsp3) is 0.769. The average Bonchev–Trinajstić information content (AvgIpc) is 3.22. The molecule has 0 N–H and O–H groups in total. The first-order valence-electron chi connectivity index (χ1n) is 24.6. The number of carbonyl (C=O) groups is 8. The molecule has 0 rings (SSSR count). The molecule has 0 saturated carbocycles. The van der Waals surface area contributed by atoms with Crippen molar-refractivity contribution in [3.05, 3.63) is 24.3 Å². The molecular weight excluding hydrogens is 896 g/mol. The normalized spacial score (nSPS) is 10.1. The Morgan fingerprint density at radius 3 is 0.761 bits per heavy atom. The van der Waals surface area contributed by atoms with E-state index >= 15 is 0 Å². The Balaban J connectivity index is -0.000000259. The van der Waals surface area contributed by atoms with Crippen molar-refractivity contribution in [2.24, 2.45) is 11.8 Å². The molecular formula is C52H88O14Ti. The number of carboxylic acids is 4. The van der Waals surface area contributed by atoms with E-state index in [-0.39, 0.29) is 45.7 Å². The molecule has 384 valence electrons. The van der Waals surface area contributed by atoms with Crippen molar-refractivity contribution in [3.63, 3.8) is 0 Å². The van der Waals surface area contributed by atoms with Crippen molar-refractivity contribution in [1.82, 2.24) is 0 Å². The van der Waals surface area contributed by atoms with Gasteiger partial charge in [0.1, 0.15) is 26.1 Å². The molecule has 0 radical (unpaired) electrons. The molecule has 0 unspecified atom stereocenters. The summed E-state index contributed by atoms with van der Waals surface area (Å²) >= 11 is 0. The summed E-state index contributed by atoms with van der Waals surface area (Å²) in [6.45, 7) is 17.1. The second kappa shape index (κ2) is 53.3. The van der Waals surface area contributed by atoms with E-state index in [2.05, 4.69) is 50.3 Å². The van der Waals surface area contributed by atoms with Crippen LogP contribution in [0.4, 0.5) is 0 Å². The van der Waals surface area contributed by atoms with Crippen molar-refractivity contribution < 1.29 is 90.0 Å². The molecule has 0 aliphatic rings. The number of rotatable bonds is 40. The van der Waals surface area contributed by atoms with Gasteiger partial charge in [-0.05, 0) is 62.5 Å². The predicted molar refractivity (Wildman–Crippen MR) is 250 cm³/mol. The van der Waals surface area contributed by atoms with E-state index in [9.17, 15) is 58.8 Å². The molecule has 15 heteroatoms. The Bertz CT molecular complexity index is 1240. The van der Waals surface area contributed by atoms with Gasteiger partial charge in [-0.2, -0.15) is 0 Å². The number of Topliss-reactive ketones (excluding diaryl/α,β-unsaturated/α-hetero) is 2. The Morgan fingerprint density at radius 2 is 0.582 bits per heavy atom. The van der Waals surface area contributed by atoms with Gasteiger partial charge in [-0.1, -0.05) is 195 Å². The average molecular weight is 985 g/mol. The van der Waals surface area contributed by atoms with Gasteiger partial charge in [0.05, 0.1) is 11.9 Å². The molecule has 0 saturated heterocycles. The first-order chi connectivity index (χ1) is 31.1. The summed E-state index contributed by atoms with van der Waals surface area (Å²) in [6, 6.07) is 0. The molecule has 0 aromatic carbocycles. The Hall–Kier alpha value is -3.65.